The zero-order chi connectivity index (χ0) is 15.6. The standard InChI is InChI=1S/C19H27N3O/c23-19(15-7-3-1-2-4-8-15)22-13-16-11-21(12-17(16)14-22)18-9-5-6-10-20-18/h5-6,9-10,15-17H,1-4,7-8,11-14H2/t16-,17+. The van der Waals surface area contributed by atoms with Crippen LogP contribution in [0.1, 0.15) is 38.5 Å². The van der Waals surface area contributed by atoms with Gasteiger partial charge in [0.15, 0.2) is 0 Å². The van der Waals surface area contributed by atoms with E-state index in [4.69, 9.17) is 0 Å². The number of nitrogens with zero attached hydrogens (tertiary/aromatic N) is 3. The number of pyridine rings is 1. The SMILES string of the molecule is O=C(C1CCCCCC1)N1C[C@@H]2CN(c3ccccn3)C[C@@H]2C1. The molecule has 1 aliphatic carbocycles. The van der Waals surface area contributed by atoms with E-state index < -0.39 is 0 Å². The third kappa shape index (κ3) is 3.08. The fourth-order valence-corrected chi connectivity index (χ4v) is 4.69. The molecule has 1 saturated carbocycles. The number of hydrogen-bond donors (Lipinski definition) is 0. The summed E-state index contributed by atoms with van der Waals surface area (Å²) in [5, 5.41) is 0. The van der Waals surface area contributed by atoms with Gasteiger partial charge >= 0.3 is 0 Å². The molecule has 0 radical (unpaired) electrons. The normalized spacial score (nSPS) is 28.7. The molecule has 3 fully saturated rings. The van der Waals surface area contributed by atoms with Gasteiger partial charge in [-0.2, -0.15) is 0 Å². The van der Waals surface area contributed by atoms with E-state index in [1.807, 2.05) is 12.3 Å². The molecule has 1 aromatic rings. The third-order valence-corrected chi connectivity index (χ3v) is 5.98. The number of fused-ring (bicyclic) bond motifs is 1. The molecular formula is C19H27N3O. The topological polar surface area (TPSA) is 36.4 Å². The van der Waals surface area contributed by atoms with Gasteiger partial charge in [-0.25, -0.2) is 4.98 Å². The molecular weight excluding hydrogens is 286 g/mol. The largest absolute Gasteiger partial charge is 0.356 e. The van der Waals surface area contributed by atoms with Crippen LogP contribution in [-0.4, -0.2) is 42.0 Å². The van der Waals surface area contributed by atoms with E-state index in [1.54, 1.807) is 0 Å². The Morgan fingerprint density at radius 1 is 0.957 bits per heavy atom. The average Bonchev–Trinajstić information content (AvgIpc) is 3.03. The zero-order valence-electron chi connectivity index (χ0n) is 13.9. The van der Waals surface area contributed by atoms with E-state index in [0.29, 0.717) is 23.7 Å². The highest BCUT2D eigenvalue weighted by molar-refractivity contribution is 5.79. The summed E-state index contributed by atoms with van der Waals surface area (Å²) in [7, 11) is 0. The number of hydrogen-bond acceptors (Lipinski definition) is 3. The van der Waals surface area contributed by atoms with Crippen molar-refractivity contribution in [2.75, 3.05) is 31.1 Å². The second-order valence-corrected chi connectivity index (χ2v) is 7.54. The first kappa shape index (κ1) is 15.0. The van der Waals surface area contributed by atoms with Crippen molar-refractivity contribution in [3.05, 3.63) is 24.4 Å². The minimum Gasteiger partial charge on any atom is -0.356 e. The van der Waals surface area contributed by atoms with E-state index in [-0.39, 0.29) is 0 Å². The molecule has 0 spiro atoms. The molecule has 1 amide bonds. The van der Waals surface area contributed by atoms with Crippen LogP contribution >= 0.6 is 0 Å². The monoisotopic (exact) mass is 313 g/mol. The van der Waals surface area contributed by atoms with E-state index in [9.17, 15) is 4.79 Å². The number of anilines is 1. The molecule has 0 unspecified atom stereocenters. The van der Waals surface area contributed by atoms with Gasteiger partial charge in [-0.05, 0) is 25.0 Å². The fourth-order valence-electron chi connectivity index (χ4n) is 4.69. The van der Waals surface area contributed by atoms with E-state index in [1.165, 1.54) is 25.7 Å². The molecule has 3 heterocycles. The van der Waals surface area contributed by atoms with Crippen LogP contribution in [0.3, 0.4) is 0 Å². The third-order valence-electron chi connectivity index (χ3n) is 5.98. The highest BCUT2D eigenvalue weighted by Crippen LogP contribution is 2.35. The van der Waals surface area contributed by atoms with Crippen LogP contribution in [0.15, 0.2) is 24.4 Å². The molecule has 2 atom stereocenters. The van der Waals surface area contributed by atoms with Gasteiger partial charge < -0.3 is 9.80 Å². The van der Waals surface area contributed by atoms with Crippen LogP contribution in [0.5, 0.6) is 0 Å². The summed E-state index contributed by atoms with van der Waals surface area (Å²) in [5.41, 5.74) is 0. The highest BCUT2D eigenvalue weighted by atomic mass is 16.2. The number of carbonyl (C=O) groups is 1. The van der Waals surface area contributed by atoms with Crippen molar-refractivity contribution in [2.45, 2.75) is 38.5 Å². The van der Waals surface area contributed by atoms with Crippen LogP contribution in [0.2, 0.25) is 0 Å². The van der Waals surface area contributed by atoms with Crippen molar-refractivity contribution in [3.63, 3.8) is 0 Å². The van der Waals surface area contributed by atoms with Crippen molar-refractivity contribution in [1.29, 1.82) is 0 Å². The summed E-state index contributed by atoms with van der Waals surface area (Å²) >= 11 is 0. The Balaban J connectivity index is 1.35. The number of carbonyl (C=O) groups excluding carboxylic acids is 1. The molecule has 124 valence electrons. The number of likely N-dealkylation sites (tertiary alicyclic amines) is 1. The average molecular weight is 313 g/mol. The summed E-state index contributed by atoms with van der Waals surface area (Å²) in [4.78, 5) is 21.9. The lowest BCUT2D eigenvalue weighted by molar-refractivity contribution is -0.135. The maximum Gasteiger partial charge on any atom is 0.225 e. The first-order chi connectivity index (χ1) is 11.3. The predicted octanol–water partition coefficient (Wildman–Crippen LogP) is 2.95. The summed E-state index contributed by atoms with van der Waals surface area (Å²) in [6, 6.07) is 6.11. The van der Waals surface area contributed by atoms with Gasteiger partial charge in [-0.3, -0.25) is 4.79 Å². The number of amides is 1. The molecule has 4 nitrogen and oxygen atoms in total. The van der Waals surface area contributed by atoms with Crippen molar-refractivity contribution in [3.8, 4) is 0 Å². The maximum atomic E-state index is 12.8. The van der Waals surface area contributed by atoms with E-state index in [0.717, 1.165) is 44.8 Å². The van der Waals surface area contributed by atoms with Crippen LogP contribution in [0.25, 0.3) is 0 Å². The Morgan fingerprint density at radius 2 is 1.65 bits per heavy atom. The quantitative estimate of drug-likeness (QED) is 0.788. The van der Waals surface area contributed by atoms with Gasteiger partial charge in [0, 0.05) is 50.1 Å². The first-order valence-electron chi connectivity index (χ1n) is 9.26. The maximum absolute atomic E-state index is 12.8. The zero-order valence-corrected chi connectivity index (χ0v) is 13.9. The van der Waals surface area contributed by atoms with Crippen LogP contribution in [-0.2, 0) is 4.79 Å². The van der Waals surface area contributed by atoms with Gasteiger partial charge in [0.05, 0.1) is 0 Å². The Bertz CT molecular complexity index is 525. The Labute approximate surface area is 138 Å². The molecule has 4 rings (SSSR count). The molecule has 2 aliphatic heterocycles. The van der Waals surface area contributed by atoms with Crippen LogP contribution < -0.4 is 4.90 Å². The summed E-state index contributed by atoms with van der Waals surface area (Å²) in [6.45, 7) is 4.03. The Morgan fingerprint density at radius 3 is 2.26 bits per heavy atom. The minimum atomic E-state index is 0.309. The van der Waals surface area contributed by atoms with Crippen LogP contribution in [0.4, 0.5) is 5.82 Å². The van der Waals surface area contributed by atoms with Crippen LogP contribution in [0, 0.1) is 17.8 Å². The molecule has 4 heteroatoms. The van der Waals surface area contributed by atoms with Crippen molar-refractivity contribution in [2.24, 2.45) is 17.8 Å². The molecule has 3 aliphatic rings. The van der Waals surface area contributed by atoms with Gasteiger partial charge in [-0.1, -0.05) is 31.7 Å². The molecule has 2 saturated heterocycles. The lowest BCUT2D eigenvalue weighted by atomic mass is 9.99. The van der Waals surface area contributed by atoms with Gasteiger partial charge in [-0.15, -0.1) is 0 Å². The van der Waals surface area contributed by atoms with Gasteiger partial charge in [0.25, 0.3) is 0 Å². The van der Waals surface area contributed by atoms with E-state index >= 15 is 0 Å². The second-order valence-electron chi connectivity index (χ2n) is 7.54. The van der Waals surface area contributed by atoms with E-state index in [2.05, 4.69) is 26.9 Å². The Hall–Kier alpha value is -1.58. The number of rotatable bonds is 2. The van der Waals surface area contributed by atoms with Gasteiger partial charge in [0.1, 0.15) is 5.82 Å². The van der Waals surface area contributed by atoms with Crippen molar-refractivity contribution < 1.29 is 4.79 Å². The van der Waals surface area contributed by atoms with Gasteiger partial charge in [0.2, 0.25) is 5.91 Å². The number of aromatic nitrogens is 1. The summed E-state index contributed by atoms with van der Waals surface area (Å²) in [5.74, 6) is 3.11. The lowest BCUT2D eigenvalue weighted by Gasteiger charge is -2.25. The lowest BCUT2D eigenvalue weighted by Crippen LogP contribution is -2.37. The fraction of sp³-hybridized carbons (Fsp3) is 0.684. The minimum absolute atomic E-state index is 0.309. The molecule has 23 heavy (non-hydrogen) atoms. The highest BCUT2D eigenvalue weighted by Gasteiger charge is 2.42. The summed E-state index contributed by atoms with van der Waals surface area (Å²) in [6.07, 6.45) is 9.21. The molecule has 0 aromatic carbocycles. The smallest absolute Gasteiger partial charge is 0.225 e. The first-order valence-corrected chi connectivity index (χ1v) is 9.26. The Kier molecular flexibility index (Phi) is 4.23. The molecule has 0 N–H and O–H groups in total. The predicted molar refractivity (Wildman–Crippen MR) is 91.2 cm³/mol. The molecule has 1 aromatic heterocycles. The van der Waals surface area contributed by atoms with Crippen molar-refractivity contribution in [1.82, 2.24) is 9.88 Å². The molecule has 0 bridgehead atoms. The summed E-state index contributed by atoms with van der Waals surface area (Å²) < 4.78 is 0. The second kappa shape index (κ2) is 6.50. The van der Waals surface area contributed by atoms with Crippen molar-refractivity contribution >= 4 is 11.7 Å².